The second-order valence-corrected chi connectivity index (χ2v) is 3.51. The maximum atomic E-state index is 5.61. The van der Waals surface area contributed by atoms with Crippen LogP contribution >= 0.6 is 0 Å². The van der Waals surface area contributed by atoms with Crippen LogP contribution in [-0.4, -0.2) is 12.7 Å². The minimum atomic E-state index is 0.458. The molecule has 0 aromatic heterocycles. The monoisotopic (exact) mass is 158 g/mol. The average molecular weight is 158 g/mol. The van der Waals surface area contributed by atoms with Crippen molar-refractivity contribution in [3.8, 4) is 0 Å². The number of ether oxygens (including phenoxy) is 1. The third-order valence-corrected chi connectivity index (χ3v) is 2.42. The lowest BCUT2D eigenvalue weighted by Gasteiger charge is -2.25. The summed E-state index contributed by atoms with van der Waals surface area (Å²) in [5.41, 5.74) is 0. The number of rotatable bonds is 5. The Hall–Kier alpha value is -0.0400. The molecule has 0 bridgehead atoms. The molecule has 68 valence electrons. The van der Waals surface area contributed by atoms with Crippen molar-refractivity contribution in [2.24, 2.45) is 11.8 Å². The fourth-order valence-corrected chi connectivity index (χ4v) is 1.28. The van der Waals surface area contributed by atoms with Crippen LogP contribution in [0.2, 0.25) is 0 Å². The van der Waals surface area contributed by atoms with Crippen LogP contribution in [0.3, 0.4) is 0 Å². The van der Waals surface area contributed by atoms with E-state index in [0.717, 1.165) is 18.9 Å². The second kappa shape index (κ2) is 5.59. The maximum absolute atomic E-state index is 5.61. The molecule has 0 amide bonds. The van der Waals surface area contributed by atoms with Gasteiger partial charge in [-0.25, -0.2) is 0 Å². The Morgan fingerprint density at radius 3 is 1.91 bits per heavy atom. The van der Waals surface area contributed by atoms with Gasteiger partial charge in [-0.1, -0.05) is 27.7 Å². The van der Waals surface area contributed by atoms with Crippen LogP contribution in [0.5, 0.6) is 0 Å². The summed E-state index contributed by atoms with van der Waals surface area (Å²) in [6, 6.07) is 0. The van der Waals surface area contributed by atoms with E-state index in [1.54, 1.807) is 0 Å². The highest BCUT2D eigenvalue weighted by Crippen LogP contribution is 2.19. The van der Waals surface area contributed by atoms with Crippen molar-refractivity contribution in [2.75, 3.05) is 6.61 Å². The molecule has 1 heteroatoms. The van der Waals surface area contributed by atoms with Crippen LogP contribution in [0.25, 0.3) is 0 Å². The lowest BCUT2D eigenvalue weighted by atomic mass is 9.91. The van der Waals surface area contributed by atoms with Crippen LogP contribution in [0.4, 0.5) is 0 Å². The summed E-state index contributed by atoms with van der Waals surface area (Å²) in [5.74, 6) is 1.41. The minimum Gasteiger partial charge on any atom is -0.378 e. The smallest absolute Gasteiger partial charge is 0.0600 e. The van der Waals surface area contributed by atoms with Crippen LogP contribution in [0, 0.1) is 11.8 Å². The predicted octanol–water partition coefficient (Wildman–Crippen LogP) is 3.09. The van der Waals surface area contributed by atoms with Gasteiger partial charge in [0, 0.05) is 6.61 Å². The Labute approximate surface area is 71.1 Å². The molecule has 0 fully saturated rings. The summed E-state index contributed by atoms with van der Waals surface area (Å²) in [4.78, 5) is 0. The normalized spacial score (nSPS) is 16.9. The molecule has 1 nitrogen and oxygen atoms in total. The molecule has 0 spiro atoms. The summed E-state index contributed by atoms with van der Waals surface area (Å²) in [7, 11) is 0. The van der Waals surface area contributed by atoms with Gasteiger partial charge >= 0.3 is 0 Å². The van der Waals surface area contributed by atoms with E-state index in [4.69, 9.17) is 4.74 Å². The highest BCUT2D eigenvalue weighted by molar-refractivity contribution is 4.67. The van der Waals surface area contributed by atoms with E-state index < -0.39 is 0 Å². The zero-order valence-corrected chi connectivity index (χ0v) is 8.55. The third-order valence-electron chi connectivity index (χ3n) is 2.42. The Bertz CT molecular complexity index is 88.9. The van der Waals surface area contributed by atoms with E-state index in [-0.39, 0.29) is 0 Å². The molecule has 0 radical (unpaired) electrons. The molecule has 0 aliphatic carbocycles. The van der Waals surface area contributed by atoms with Crippen molar-refractivity contribution in [3.05, 3.63) is 0 Å². The van der Waals surface area contributed by atoms with E-state index >= 15 is 0 Å². The number of hydrogen-bond acceptors (Lipinski definition) is 1. The summed E-state index contributed by atoms with van der Waals surface area (Å²) < 4.78 is 5.61. The first-order chi connectivity index (χ1) is 5.13. The molecular formula is C10H22O. The Morgan fingerprint density at radius 1 is 1.09 bits per heavy atom. The number of hydrogen-bond donors (Lipinski definition) is 0. The Morgan fingerprint density at radius 2 is 1.64 bits per heavy atom. The highest BCUT2D eigenvalue weighted by atomic mass is 16.5. The van der Waals surface area contributed by atoms with Gasteiger partial charge in [0.1, 0.15) is 0 Å². The quantitative estimate of drug-likeness (QED) is 0.597. The van der Waals surface area contributed by atoms with Gasteiger partial charge in [0.25, 0.3) is 0 Å². The third kappa shape index (κ3) is 3.76. The molecule has 0 saturated carbocycles. The van der Waals surface area contributed by atoms with Gasteiger partial charge in [0.05, 0.1) is 6.10 Å². The average Bonchev–Trinajstić information content (AvgIpc) is 1.98. The second-order valence-electron chi connectivity index (χ2n) is 3.51. The van der Waals surface area contributed by atoms with Gasteiger partial charge in [-0.3, -0.25) is 0 Å². The highest BCUT2D eigenvalue weighted by Gasteiger charge is 2.17. The molecule has 0 saturated heterocycles. The molecule has 0 aliphatic heterocycles. The van der Waals surface area contributed by atoms with Crippen LogP contribution in [0.15, 0.2) is 0 Å². The van der Waals surface area contributed by atoms with Crippen molar-refractivity contribution >= 4 is 0 Å². The molecule has 11 heavy (non-hydrogen) atoms. The Balaban J connectivity index is 3.81. The van der Waals surface area contributed by atoms with Crippen LogP contribution in [0.1, 0.15) is 41.0 Å². The van der Waals surface area contributed by atoms with Gasteiger partial charge in [0.15, 0.2) is 0 Å². The first-order valence-corrected chi connectivity index (χ1v) is 4.75. The van der Waals surface area contributed by atoms with Crippen molar-refractivity contribution in [1.29, 1.82) is 0 Å². The molecule has 2 atom stereocenters. The van der Waals surface area contributed by atoms with Crippen molar-refractivity contribution < 1.29 is 4.74 Å². The SMILES string of the molecule is CCOC(CC)C(C)C(C)C. The predicted molar refractivity (Wildman–Crippen MR) is 49.7 cm³/mol. The minimum absolute atomic E-state index is 0.458. The first-order valence-electron chi connectivity index (χ1n) is 4.75. The largest absolute Gasteiger partial charge is 0.378 e. The molecule has 0 aromatic carbocycles. The maximum Gasteiger partial charge on any atom is 0.0600 e. The van der Waals surface area contributed by atoms with Gasteiger partial charge in [-0.2, -0.15) is 0 Å². The first kappa shape index (κ1) is 11.0. The van der Waals surface area contributed by atoms with Crippen molar-refractivity contribution in [3.63, 3.8) is 0 Å². The van der Waals surface area contributed by atoms with E-state index in [1.165, 1.54) is 0 Å². The summed E-state index contributed by atoms with van der Waals surface area (Å²) in [6.45, 7) is 11.9. The topological polar surface area (TPSA) is 9.23 Å². The molecule has 0 rings (SSSR count). The van der Waals surface area contributed by atoms with Crippen LogP contribution < -0.4 is 0 Å². The fraction of sp³-hybridized carbons (Fsp3) is 1.00. The Kier molecular flexibility index (Phi) is 5.57. The lowest BCUT2D eigenvalue weighted by molar-refractivity contribution is 0.00857. The van der Waals surface area contributed by atoms with E-state index in [0.29, 0.717) is 12.0 Å². The zero-order valence-electron chi connectivity index (χ0n) is 8.55. The molecule has 0 N–H and O–H groups in total. The van der Waals surface area contributed by atoms with Gasteiger partial charge in [-0.05, 0) is 25.2 Å². The fourth-order valence-electron chi connectivity index (χ4n) is 1.28. The zero-order chi connectivity index (χ0) is 8.85. The summed E-state index contributed by atoms with van der Waals surface area (Å²) >= 11 is 0. The molecule has 2 unspecified atom stereocenters. The molecule has 0 aliphatic rings. The standard InChI is InChI=1S/C10H22O/c1-6-10(11-7-2)9(5)8(3)4/h8-10H,6-7H2,1-5H3. The summed E-state index contributed by atoms with van der Waals surface area (Å²) in [5, 5.41) is 0. The van der Waals surface area contributed by atoms with Crippen LogP contribution in [-0.2, 0) is 4.74 Å². The van der Waals surface area contributed by atoms with Crippen molar-refractivity contribution in [1.82, 2.24) is 0 Å². The molecular weight excluding hydrogens is 136 g/mol. The van der Waals surface area contributed by atoms with Gasteiger partial charge < -0.3 is 4.74 Å². The van der Waals surface area contributed by atoms with E-state index in [1.807, 2.05) is 0 Å². The van der Waals surface area contributed by atoms with Crippen molar-refractivity contribution in [2.45, 2.75) is 47.1 Å². The lowest BCUT2D eigenvalue weighted by Crippen LogP contribution is -2.25. The molecule has 0 heterocycles. The molecule has 0 aromatic rings. The van der Waals surface area contributed by atoms with E-state index in [9.17, 15) is 0 Å². The van der Waals surface area contributed by atoms with Gasteiger partial charge in [-0.15, -0.1) is 0 Å². The van der Waals surface area contributed by atoms with Gasteiger partial charge in [0.2, 0.25) is 0 Å². The summed E-state index contributed by atoms with van der Waals surface area (Å²) in [6.07, 6.45) is 1.59. The van der Waals surface area contributed by atoms with E-state index in [2.05, 4.69) is 34.6 Å².